The van der Waals surface area contributed by atoms with Gasteiger partial charge in [0.25, 0.3) is 0 Å². The fraction of sp³-hybridized carbons (Fsp3) is 0.833. The highest BCUT2D eigenvalue weighted by molar-refractivity contribution is 5.99. The molecule has 0 atom stereocenters. The van der Waals surface area contributed by atoms with E-state index in [9.17, 15) is 14.7 Å². The Hall–Kier alpha value is -1.06. The van der Waals surface area contributed by atoms with Gasteiger partial charge in [0.05, 0.1) is 7.11 Å². The summed E-state index contributed by atoms with van der Waals surface area (Å²) in [6, 6.07) is 0. The van der Waals surface area contributed by atoms with Crippen LogP contribution in [0.5, 0.6) is 0 Å². The molecule has 0 saturated carbocycles. The molecule has 0 aliphatic heterocycles. The van der Waals surface area contributed by atoms with Gasteiger partial charge in [0.15, 0.2) is 5.41 Å². The van der Waals surface area contributed by atoms with Crippen LogP contribution in [0.4, 0.5) is 0 Å². The standard InChI is InChI=1S/C12H22O4/c1-8(2)6-12(10(13)14,7-9(3)4)11(15)16-5/h8-9H,6-7H2,1-5H3,(H,13,14). The van der Waals surface area contributed by atoms with Crippen molar-refractivity contribution in [3.63, 3.8) is 0 Å². The lowest BCUT2D eigenvalue weighted by Gasteiger charge is -2.29. The third-order valence-electron chi connectivity index (χ3n) is 2.50. The van der Waals surface area contributed by atoms with Crippen molar-refractivity contribution in [3.8, 4) is 0 Å². The highest BCUT2D eigenvalue weighted by Gasteiger charge is 2.47. The zero-order chi connectivity index (χ0) is 12.9. The van der Waals surface area contributed by atoms with E-state index >= 15 is 0 Å². The van der Waals surface area contributed by atoms with E-state index in [0.29, 0.717) is 12.8 Å². The molecule has 0 bridgehead atoms. The summed E-state index contributed by atoms with van der Waals surface area (Å²) in [5.74, 6) is -1.45. The van der Waals surface area contributed by atoms with Crippen LogP contribution < -0.4 is 0 Å². The van der Waals surface area contributed by atoms with E-state index in [1.165, 1.54) is 7.11 Å². The van der Waals surface area contributed by atoms with E-state index in [1.54, 1.807) is 0 Å². The third kappa shape index (κ3) is 3.51. The quantitative estimate of drug-likeness (QED) is 0.562. The van der Waals surface area contributed by atoms with Crippen LogP contribution in [0.1, 0.15) is 40.5 Å². The van der Waals surface area contributed by atoms with Crippen LogP contribution in [-0.4, -0.2) is 24.2 Å². The second-order valence-electron chi connectivity index (χ2n) is 5.07. The second kappa shape index (κ2) is 5.87. The number of hydrogen-bond acceptors (Lipinski definition) is 3. The Labute approximate surface area is 97.0 Å². The van der Waals surface area contributed by atoms with Crippen LogP contribution in [0.2, 0.25) is 0 Å². The molecule has 0 amide bonds. The lowest BCUT2D eigenvalue weighted by Crippen LogP contribution is -2.42. The van der Waals surface area contributed by atoms with Gasteiger partial charge in [0.2, 0.25) is 0 Å². The highest BCUT2D eigenvalue weighted by Crippen LogP contribution is 2.35. The van der Waals surface area contributed by atoms with Crippen molar-refractivity contribution in [2.45, 2.75) is 40.5 Å². The van der Waals surface area contributed by atoms with Crippen LogP contribution in [0.3, 0.4) is 0 Å². The van der Waals surface area contributed by atoms with Gasteiger partial charge in [0, 0.05) is 0 Å². The zero-order valence-corrected chi connectivity index (χ0v) is 10.7. The first-order valence-corrected chi connectivity index (χ1v) is 5.58. The van der Waals surface area contributed by atoms with Crippen LogP contribution in [0, 0.1) is 17.3 Å². The maximum atomic E-state index is 11.7. The Balaban J connectivity index is 5.21. The fourth-order valence-electron chi connectivity index (χ4n) is 2.10. The molecule has 0 unspecified atom stereocenters. The van der Waals surface area contributed by atoms with E-state index in [2.05, 4.69) is 4.74 Å². The average Bonchev–Trinajstić information content (AvgIpc) is 2.13. The maximum absolute atomic E-state index is 11.7. The Morgan fingerprint density at radius 3 is 1.69 bits per heavy atom. The first kappa shape index (κ1) is 14.9. The number of methoxy groups -OCH3 is 1. The Bertz CT molecular complexity index is 246. The summed E-state index contributed by atoms with van der Waals surface area (Å²) in [4.78, 5) is 23.1. The fourth-order valence-corrected chi connectivity index (χ4v) is 2.10. The molecule has 0 aromatic carbocycles. The van der Waals surface area contributed by atoms with Crippen LogP contribution in [0.25, 0.3) is 0 Å². The van der Waals surface area contributed by atoms with Gasteiger partial charge >= 0.3 is 11.9 Å². The van der Waals surface area contributed by atoms with E-state index in [1.807, 2.05) is 27.7 Å². The summed E-state index contributed by atoms with van der Waals surface area (Å²) in [6.07, 6.45) is 0.625. The number of rotatable bonds is 6. The molecule has 16 heavy (non-hydrogen) atoms. The number of hydrogen-bond donors (Lipinski definition) is 1. The smallest absolute Gasteiger partial charge is 0.323 e. The zero-order valence-electron chi connectivity index (χ0n) is 10.7. The van der Waals surface area contributed by atoms with Crippen molar-refractivity contribution >= 4 is 11.9 Å². The van der Waals surface area contributed by atoms with Crippen molar-refractivity contribution in [1.29, 1.82) is 0 Å². The minimum atomic E-state index is -1.39. The summed E-state index contributed by atoms with van der Waals surface area (Å²) in [5, 5.41) is 9.32. The molecule has 94 valence electrons. The number of ether oxygens (including phenoxy) is 1. The molecule has 0 rings (SSSR count). The highest BCUT2D eigenvalue weighted by atomic mass is 16.5. The minimum absolute atomic E-state index is 0.133. The molecule has 0 aliphatic rings. The first-order chi connectivity index (χ1) is 7.26. The normalized spacial score (nSPS) is 11.9. The van der Waals surface area contributed by atoms with Crippen LogP contribution in [-0.2, 0) is 14.3 Å². The van der Waals surface area contributed by atoms with Gasteiger partial charge in [-0.25, -0.2) is 0 Å². The predicted molar refractivity (Wildman–Crippen MR) is 61.0 cm³/mol. The topological polar surface area (TPSA) is 63.6 Å². The molecule has 0 heterocycles. The number of carbonyl (C=O) groups excluding carboxylic acids is 1. The molecular formula is C12H22O4. The number of esters is 1. The van der Waals surface area contributed by atoms with Crippen LogP contribution >= 0.6 is 0 Å². The number of carbonyl (C=O) groups is 2. The summed E-state index contributed by atoms with van der Waals surface area (Å²) >= 11 is 0. The van der Waals surface area contributed by atoms with E-state index in [4.69, 9.17) is 0 Å². The first-order valence-electron chi connectivity index (χ1n) is 5.58. The SMILES string of the molecule is COC(=O)C(CC(C)C)(CC(C)C)C(=O)O. The van der Waals surface area contributed by atoms with Crippen LogP contribution in [0.15, 0.2) is 0 Å². The predicted octanol–water partition coefficient (Wildman–Crippen LogP) is 2.32. The molecule has 4 heteroatoms. The number of carboxylic acid groups (broad SMARTS) is 1. The lowest BCUT2D eigenvalue weighted by molar-refractivity contribution is -0.169. The van der Waals surface area contributed by atoms with Crippen molar-refractivity contribution in [3.05, 3.63) is 0 Å². The van der Waals surface area contributed by atoms with Crippen molar-refractivity contribution in [2.75, 3.05) is 7.11 Å². The van der Waals surface area contributed by atoms with E-state index in [0.717, 1.165) is 0 Å². The van der Waals surface area contributed by atoms with Gasteiger partial charge in [-0.15, -0.1) is 0 Å². The van der Waals surface area contributed by atoms with Crippen molar-refractivity contribution in [2.24, 2.45) is 17.3 Å². The minimum Gasteiger partial charge on any atom is -0.480 e. The summed E-state index contributed by atoms with van der Waals surface area (Å²) in [7, 11) is 1.24. The molecule has 0 fully saturated rings. The van der Waals surface area contributed by atoms with Gasteiger partial charge < -0.3 is 9.84 Å². The largest absolute Gasteiger partial charge is 0.480 e. The lowest BCUT2D eigenvalue weighted by atomic mass is 9.74. The second-order valence-corrected chi connectivity index (χ2v) is 5.07. The van der Waals surface area contributed by atoms with E-state index in [-0.39, 0.29) is 11.8 Å². The molecule has 0 saturated heterocycles. The van der Waals surface area contributed by atoms with Crippen molar-refractivity contribution in [1.82, 2.24) is 0 Å². The number of carboxylic acids is 1. The molecule has 1 N–H and O–H groups in total. The molecular weight excluding hydrogens is 208 g/mol. The van der Waals surface area contributed by atoms with Gasteiger partial charge in [-0.2, -0.15) is 0 Å². The Morgan fingerprint density at radius 2 is 1.50 bits per heavy atom. The van der Waals surface area contributed by atoms with Gasteiger partial charge in [-0.3, -0.25) is 9.59 Å². The number of aliphatic carboxylic acids is 1. The average molecular weight is 230 g/mol. The van der Waals surface area contributed by atoms with Crippen molar-refractivity contribution < 1.29 is 19.4 Å². The molecule has 0 aromatic rings. The Morgan fingerprint density at radius 1 is 1.12 bits per heavy atom. The van der Waals surface area contributed by atoms with E-state index < -0.39 is 17.4 Å². The molecule has 0 aromatic heterocycles. The summed E-state index contributed by atoms with van der Waals surface area (Å²) < 4.78 is 4.66. The molecule has 0 aliphatic carbocycles. The monoisotopic (exact) mass is 230 g/mol. The molecule has 4 nitrogen and oxygen atoms in total. The van der Waals surface area contributed by atoms with Gasteiger partial charge in [-0.05, 0) is 24.7 Å². The molecule has 0 radical (unpaired) electrons. The third-order valence-corrected chi connectivity index (χ3v) is 2.50. The van der Waals surface area contributed by atoms with Gasteiger partial charge in [-0.1, -0.05) is 27.7 Å². The molecule has 0 spiro atoms. The Kier molecular flexibility index (Phi) is 5.48. The summed E-state index contributed by atoms with van der Waals surface area (Å²) in [6.45, 7) is 7.61. The van der Waals surface area contributed by atoms with Gasteiger partial charge in [0.1, 0.15) is 0 Å². The maximum Gasteiger partial charge on any atom is 0.323 e. The summed E-state index contributed by atoms with van der Waals surface area (Å²) in [5.41, 5.74) is -1.39.